The van der Waals surface area contributed by atoms with Gasteiger partial charge in [0.15, 0.2) is 11.0 Å². The molecule has 30 heavy (non-hydrogen) atoms. The number of thioether (sulfide) groups is 1. The van der Waals surface area contributed by atoms with Crippen molar-refractivity contribution in [3.05, 3.63) is 82.2 Å². The lowest BCUT2D eigenvalue weighted by molar-refractivity contribution is 0.382. The summed E-state index contributed by atoms with van der Waals surface area (Å²) in [5.41, 5.74) is 1.69. The lowest BCUT2D eigenvalue weighted by atomic mass is 10.1. The van der Waals surface area contributed by atoms with Gasteiger partial charge in [0.25, 0.3) is 5.56 Å². The molecule has 154 valence electrons. The maximum atomic E-state index is 13.4. The molecule has 0 fully saturated rings. The summed E-state index contributed by atoms with van der Waals surface area (Å²) in [7, 11) is 0. The number of fused-ring (bicyclic) bond motifs is 1. The highest BCUT2D eigenvalue weighted by Crippen LogP contribution is 2.27. The SMILES string of the molecule is CC(C)Cc1noc(CSc2nc3ccccc3c(=O)n2[C@@H](C)c2ccccc2)n1. The molecule has 0 saturated carbocycles. The third-order valence-electron chi connectivity index (χ3n) is 4.87. The molecule has 7 heteroatoms. The first kappa shape index (κ1) is 20.3. The van der Waals surface area contributed by atoms with Gasteiger partial charge in [-0.2, -0.15) is 4.98 Å². The maximum Gasteiger partial charge on any atom is 0.262 e. The van der Waals surface area contributed by atoms with Crippen molar-refractivity contribution in [3.63, 3.8) is 0 Å². The van der Waals surface area contributed by atoms with Gasteiger partial charge in [-0.05, 0) is 30.5 Å². The van der Waals surface area contributed by atoms with Crippen molar-refractivity contribution < 1.29 is 4.52 Å². The van der Waals surface area contributed by atoms with Crippen LogP contribution in [0, 0.1) is 5.92 Å². The standard InChI is InChI=1S/C23H24N4O2S/c1-15(2)13-20-25-21(29-26-20)14-30-23-24-19-12-8-7-11-18(19)22(28)27(23)16(3)17-9-5-4-6-10-17/h4-12,15-16H,13-14H2,1-3H3/t16-/m0/s1. The van der Waals surface area contributed by atoms with Gasteiger partial charge in [-0.25, -0.2) is 4.98 Å². The molecule has 2 heterocycles. The van der Waals surface area contributed by atoms with Gasteiger partial charge in [-0.1, -0.05) is 73.2 Å². The van der Waals surface area contributed by atoms with Crippen molar-refractivity contribution in [2.45, 2.75) is 44.1 Å². The second-order valence-corrected chi connectivity index (χ2v) is 8.61. The van der Waals surface area contributed by atoms with Crippen LogP contribution in [0.3, 0.4) is 0 Å². The number of aromatic nitrogens is 4. The van der Waals surface area contributed by atoms with E-state index < -0.39 is 0 Å². The van der Waals surface area contributed by atoms with Crippen LogP contribution in [0.15, 0.2) is 69.1 Å². The average molecular weight is 421 g/mol. The third kappa shape index (κ3) is 4.31. The van der Waals surface area contributed by atoms with E-state index in [2.05, 4.69) is 24.0 Å². The van der Waals surface area contributed by atoms with Gasteiger partial charge in [-0.3, -0.25) is 9.36 Å². The molecule has 1 atom stereocenters. The Balaban J connectivity index is 1.70. The Hall–Kier alpha value is -2.93. The zero-order valence-corrected chi connectivity index (χ0v) is 18.1. The molecule has 0 bridgehead atoms. The fourth-order valence-corrected chi connectivity index (χ4v) is 4.29. The van der Waals surface area contributed by atoms with Crippen LogP contribution in [-0.2, 0) is 12.2 Å². The molecule has 4 rings (SSSR count). The minimum atomic E-state index is -0.155. The lowest BCUT2D eigenvalue weighted by Crippen LogP contribution is -2.27. The van der Waals surface area contributed by atoms with Crippen molar-refractivity contribution in [2.75, 3.05) is 0 Å². The number of hydrogen-bond donors (Lipinski definition) is 0. The number of rotatable bonds is 7. The Labute approximate surface area is 179 Å². The van der Waals surface area contributed by atoms with Crippen molar-refractivity contribution >= 4 is 22.7 Å². The fourth-order valence-electron chi connectivity index (χ4n) is 3.37. The topological polar surface area (TPSA) is 73.8 Å². The number of para-hydroxylation sites is 1. The molecule has 0 amide bonds. The maximum absolute atomic E-state index is 13.4. The summed E-state index contributed by atoms with van der Waals surface area (Å²) in [6.07, 6.45) is 0.776. The zero-order chi connectivity index (χ0) is 21.1. The highest BCUT2D eigenvalue weighted by molar-refractivity contribution is 7.98. The van der Waals surface area contributed by atoms with Gasteiger partial charge < -0.3 is 4.52 Å². The minimum absolute atomic E-state index is 0.0505. The second kappa shape index (κ2) is 8.83. The summed E-state index contributed by atoms with van der Waals surface area (Å²) in [5.74, 6) is 2.17. The summed E-state index contributed by atoms with van der Waals surface area (Å²) in [4.78, 5) is 22.6. The van der Waals surface area contributed by atoms with Crippen LogP contribution in [0.5, 0.6) is 0 Å². The first-order valence-corrected chi connectivity index (χ1v) is 11.0. The minimum Gasteiger partial charge on any atom is -0.338 e. The largest absolute Gasteiger partial charge is 0.338 e. The van der Waals surface area contributed by atoms with Crippen molar-refractivity contribution in [3.8, 4) is 0 Å². The van der Waals surface area contributed by atoms with Crippen LogP contribution in [0.2, 0.25) is 0 Å². The summed E-state index contributed by atoms with van der Waals surface area (Å²) in [5, 5.41) is 5.30. The van der Waals surface area contributed by atoms with Crippen molar-refractivity contribution in [1.82, 2.24) is 19.7 Å². The van der Waals surface area contributed by atoms with Gasteiger partial charge in [0, 0.05) is 6.42 Å². The molecule has 0 aliphatic heterocycles. The van der Waals surface area contributed by atoms with Crippen molar-refractivity contribution in [2.24, 2.45) is 5.92 Å². The Morgan fingerprint density at radius 1 is 1.00 bits per heavy atom. The van der Waals surface area contributed by atoms with E-state index in [1.54, 1.807) is 4.57 Å². The van der Waals surface area contributed by atoms with Gasteiger partial charge in [0.05, 0.1) is 22.7 Å². The molecule has 0 aliphatic carbocycles. The highest BCUT2D eigenvalue weighted by Gasteiger charge is 2.19. The second-order valence-electron chi connectivity index (χ2n) is 7.66. The lowest BCUT2D eigenvalue weighted by Gasteiger charge is -2.19. The number of benzene rings is 2. The van der Waals surface area contributed by atoms with Crippen molar-refractivity contribution in [1.29, 1.82) is 0 Å². The zero-order valence-electron chi connectivity index (χ0n) is 17.3. The van der Waals surface area contributed by atoms with Gasteiger partial charge in [0.2, 0.25) is 5.89 Å². The van der Waals surface area contributed by atoms with Crippen LogP contribution in [-0.4, -0.2) is 19.7 Å². The Morgan fingerprint density at radius 3 is 2.50 bits per heavy atom. The van der Waals surface area contributed by atoms with E-state index in [0.717, 1.165) is 12.0 Å². The smallest absolute Gasteiger partial charge is 0.262 e. The average Bonchev–Trinajstić information content (AvgIpc) is 3.19. The molecule has 0 spiro atoms. The molecule has 0 unspecified atom stereocenters. The van der Waals surface area contributed by atoms with Gasteiger partial charge >= 0.3 is 0 Å². The molecule has 2 aromatic heterocycles. The van der Waals surface area contributed by atoms with E-state index in [0.29, 0.717) is 39.4 Å². The van der Waals surface area contributed by atoms with E-state index in [-0.39, 0.29) is 11.6 Å². The van der Waals surface area contributed by atoms with E-state index in [9.17, 15) is 4.79 Å². The first-order chi connectivity index (χ1) is 14.5. The molecule has 2 aromatic carbocycles. The third-order valence-corrected chi connectivity index (χ3v) is 5.81. The van der Waals surface area contributed by atoms with Gasteiger partial charge in [-0.15, -0.1) is 0 Å². The summed E-state index contributed by atoms with van der Waals surface area (Å²) >= 11 is 1.44. The monoisotopic (exact) mass is 420 g/mol. The van der Waals surface area contributed by atoms with Crippen LogP contribution >= 0.6 is 11.8 Å². The van der Waals surface area contributed by atoms with E-state index in [1.165, 1.54) is 11.8 Å². The molecular formula is C23H24N4O2S. The van der Waals surface area contributed by atoms with E-state index in [4.69, 9.17) is 9.51 Å². The summed E-state index contributed by atoms with van der Waals surface area (Å²) in [6, 6.07) is 17.3. The molecule has 0 N–H and O–H groups in total. The van der Waals surface area contributed by atoms with Crippen LogP contribution in [0.1, 0.15) is 44.1 Å². The number of nitrogens with zero attached hydrogens (tertiary/aromatic N) is 4. The summed E-state index contributed by atoms with van der Waals surface area (Å²) < 4.78 is 7.15. The van der Waals surface area contributed by atoms with E-state index in [1.807, 2.05) is 61.5 Å². The highest BCUT2D eigenvalue weighted by atomic mass is 32.2. The molecule has 0 saturated heterocycles. The Kier molecular flexibility index (Phi) is 5.99. The van der Waals surface area contributed by atoms with Crippen LogP contribution < -0.4 is 5.56 Å². The molecule has 0 aliphatic rings. The van der Waals surface area contributed by atoms with Crippen LogP contribution in [0.4, 0.5) is 0 Å². The first-order valence-electron chi connectivity index (χ1n) is 10.0. The normalized spacial score (nSPS) is 12.5. The van der Waals surface area contributed by atoms with Gasteiger partial charge in [0.1, 0.15) is 0 Å². The Bertz CT molecular complexity index is 1200. The molecule has 4 aromatic rings. The molecular weight excluding hydrogens is 396 g/mol. The summed E-state index contributed by atoms with van der Waals surface area (Å²) in [6.45, 7) is 6.26. The van der Waals surface area contributed by atoms with E-state index >= 15 is 0 Å². The fraction of sp³-hybridized carbons (Fsp3) is 0.304. The molecule has 6 nitrogen and oxygen atoms in total. The predicted molar refractivity (Wildman–Crippen MR) is 119 cm³/mol. The quantitative estimate of drug-likeness (QED) is 0.313. The number of hydrogen-bond acceptors (Lipinski definition) is 6. The Morgan fingerprint density at radius 2 is 1.73 bits per heavy atom. The molecule has 0 radical (unpaired) electrons. The predicted octanol–water partition coefficient (Wildman–Crippen LogP) is 4.88. The van der Waals surface area contributed by atoms with Crippen LogP contribution in [0.25, 0.3) is 10.9 Å².